The molecular weight excluding hydrogens is 274 g/mol. The van der Waals surface area contributed by atoms with E-state index in [9.17, 15) is 4.79 Å². The molecule has 1 amide bonds. The van der Waals surface area contributed by atoms with Crippen molar-refractivity contribution in [3.63, 3.8) is 0 Å². The number of nitrogens with two attached hydrogens (primary N) is 1. The minimum Gasteiger partial charge on any atom is -0.329 e. The van der Waals surface area contributed by atoms with Gasteiger partial charge in [-0.3, -0.25) is 4.79 Å². The molecule has 2 N–H and O–H groups in total. The van der Waals surface area contributed by atoms with Crippen molar-refractivity contribution in [2.75, 3.05) is 13.1 Å². The third kappa shape index (κ3) is 2.31. The van der Waals surface area contributed by atoms with Gasteiger partial charge in [-0.15, -0.1) is 21.5 Å². The smallest absolute Gasteiger partial charge is 0.265 e. The normalized spacial score (nSPS) is 13.6. The highest BCUT2D eigenvalue weighted by Crippen LogP contribution is 2.20. The van der Waals surface area contributed by atoms with Crippen LogP contribution in [0.3, 0.4) is 0 Å². The summed E-state index contributed by atoms with van der Waals surface area (Å²) < 4.78 is 1.97. The number of nitrogens with zero attached hydrogens (tertiary/aromatic N) is 4. The monoisotopic (exact) mass is 287 g/mol. The summed E-state index contributed by atoms with van der Waals surface area (Å²) in [7, 11) is 0. The minimum absolute atomic E-state index is 0.00410. The Labute approximate surface area is 120 Å². The Kier molecular flexibility index (Phi) is 3.50. The number of thiophene rings is 1. The second kappa shape index (κ2) is 5.45. The molecule has 0 unspecified atom stereocenters. The zero-order valence-corrected chi connectivity index (χ0v) is 11.6. The van der Waals surface area contributed by atoms with Gasteiger partial charge in [-0.2, -0.15) is 0 Å². The van der Waals surface area contributed by atoms with Crippen LogP contribution in [-0.2, 0) is 13.1 Å². The first kappa shape index (κ1) is 12.8. The summed E-state index contributed by atoms with van der Waals surface area (Å²) in [5.74, 6) is 6.54. The van der Waals surface area contributed by atoms with Crippen LogP contribution in [0.1, 0.15) is 21.1 Å². The molecular formula is C13H13N5OS. The Balaban J connectivity index is 1.82. The van der Waals surface area contributed by atoms with Crippen LogP contribution in [0, 0.1) is 11.8 Å². The highest BCUT2D eigenvalue weighted by Gasteiger charge is 2.24. The molecule has 3 rings (SSSR count). The molecule has 0 spiro atoms. The molecule has 7 heteroatoms. The summed E-state index contributed by atoms with van der Waals surface area (Å²) in [5, 5.41) is 9.76. The molecule has 0 aromatic carbocycles. The summed E-state index contributed by atoms with van der Waals surface area (Å²) >= 11 is 1.41. The summed E-state index contributed by atoms with van der Waals surface area (Å²) in [6.45, 7) is 2.16. The minimum atomic E-state index is -0.00410. The summed E-state index contributed by atoms with van der Waals surface area (Å²) in [6, 6.07) is 1.85. The average molecular weight is 287 g/mol. The van der Waals surface area contributed by atoms with Crippen molar-refractivity contribution < 1.29 is 4.79 Å². The number of aromatic nitrogens is 3. The largest absolute Gasteiger partial charge is 0.329 e. The van der Waals surface area contributed by atoms with Crippen molar-refractivity contribution in [2.24, 2.45) is 5.73 Å². The van der Waals surface area contributed by atoms with Crippen molar-refractivity contribution in [1.29, 1.82) is 0 Å². The number of amides is 1. The lowest BCUT2D eigenvalue weighted by Gasteiger charge is -2.26. The van der Waals surface area contributed by atoms with E-state index in [1.807, 2.05) is 16.0 Å². The average Bonchev–Trinajstić information content (AvgIpc) is 3.12. The third-order valence-corrected chi connectivity index (χ3v) is 4.01. The quantitative estimate of drug-likeness (QED) is 0.766. The molecule has 6 nitrogen and oxygen atoms in total. The van der Waals surface area contributed by atoms with Crippen LogP contribution in [0.5, 0.6) is 0 Å². The number of rotatable bonds is 1. The van der Waals surface area contributed by atoms with E-state index in [0.717, 1.165) is 17.9 Å². The van der Waals surface area contributed by atoms with E-state index in [2.05, 4.69) is 22.0 Å². The van der Waals surface area contributed by atoms with Crippen LogP contribution in [0.4, 0.5) is 0 Å². The van der Waals surface area contributed by atoms with Gasteiger partial charge in [0.05, 0.1) is 13.1 Å². The van der Waals surface area contributed by atoms with Gasteiger partial charge in [0.1, 0.15) is 11.2 Å². The highest BCUT2D eigenvalue weighted by atomic mass is 32.1. The highest BCUT2D eigenvalue weighted by molar-refractivity contribution is 7.12. The van der Waals surface area contributed by atoms with Gasteiger partial charge in [-0.05, 0) is 11.4 Å². The van der Waals surface area contributed by atoms with Gasteiger partial charge < -0.3 is 15.2 Å². The van der Waals surface area contributed by atoms with E-state index in [1.165, 1.54) is 11.3 Å². The predicted molar refractivity (Wildman–Crippen MR) is 75.0 cm³/mol. The molecule has 2 aromatic heterocycles. The second-order valence-corrected chi connectivity index (χ2v) is 5.25. The third-order valence-electron chi connectivity index (χ3n) is 3.11. The molecule has 2 aromatic rings. The van der Waals surface area contributed by atoms with Gasteiger partial charge >= 0.3 is 0 Å². The summed E-state index contributed by atoms with van der Waals surface area (Å²) in [4.78, 5) is 15.0. The molecule has 102 valence electrons. The van der Waals surface area contributed by atoms with Crippen molar-refractivity contribution in [3.05, 3.63) is 34.0 Å². The topological polar surface area (TPSA) is 77.0 Å². The van der Waals surface area contributed by atoms with Crippen LogP contribution >= 0.6 is 11.3 Å². The van der Waals surface area contributed by atoms with Crippen LogP contribution in [0.2, 0.25) is 0 Å². The van der Waals surface area contributed by atoms with Gasteiger partial charge in [-0.25, -0.2) is 0 Å². The first-order valence-corrected chi connectivity index (χ1v) is 7.10. The molecule has 0 fully saturated rings. The molecule has 0 saturated carbocycles. The van der Waals surface area contributed by atoms with E-state index in [1.54, 1.807) is 11.2 Å². The Morgan fingerprint density at radius 1 is 1.50 bits per heavy atom. The SMILES string of the molecule is NCC#Cc1ccsc1C(=O)N1CCn2cnnc2C1. The fraction of sp³-hybridized carbons (Fsp3) is 0.308. The van der Waals surface area contributed by atoms with Crippen LogP contribution in [-0.4, -0.2) is 38.7 Å². The summed E-state index contributed by atoms with van der Waals surface area (Å²) in [6.07, 6.45) is 1.69. The summed E-state index contributed by atoms with van der Waals surface area (Å²) in [5.41, 5.74) is 6.12. The lowest BCUT2D eigenvalue weighted by atomic mass is 10.2. The number of hydrogen-bond acceptors (Lipinski definition) is 5. The standard InChI is InChI=1S/C13H13N5OS/c14-4-1-2-10-3-7-20-12(10)13(19)17-5-6-18-9-15-16-11(18)8-17/h3,7,9H,4-6,8,14H2. The van der Waals surface area contributed by atoms with Gasteiger partial charge in [0.25, 0.3) is 5.91 Å². The molecule has 0 radical (unpaired) electrons. The molecule has 20 heavy (non-hydrogen) atoms. The Bertz CT molecular complexity index is 693. The van der Waals surface area contributed by atoms with Crippen molar-refractivity contribution >= 4 is 17.2 Å². The fourth-order valence-corrected chi connectivity index (χ4v) is 2.92. The lowest BCUT2D eigenvalue weighted by molar-refractivity contribution is 0.0712. The molecule has 1 aliphatic rings. The van der Waals surface area contributed by atoms with E-state index in [-0.39, 0.29) is 12.5 Å². The van der Waals surface area contributed by atoms with Crippen molar-refractivity contribution in [2.45, 2.75) is 13.1 Å². The maximum absolute atomic E-state index is 12.6. The van der Waals surface area contributed by atoms with Crippen molar-refractivity contribution in [3.8, 4) is 11.8 Å². The number of fused-ring (bicyclic) bond motifs is 1. The van der Waals surface area contributed by atoms with Gasteiger partial charge in [0.2, 0.25) is 0 Å². The van der Waals surface area contributed by atoms with E-state index in [4.69, 9.17) is 5.73 Å². The zero-order chi connectivity index (χ0) is 13.9. The first-order valence-electron chi connectivity index (χ1n) is 6.22. The molecule has 0 saturated heterocycles. The lowest BCUT2D eigenvalue weighted by Crippen LogP contribution is -2.38. The van der Waals surface area contributed by atoms with Crippen molar-refractivity contribution in [1.82, 2.24) is 19.7 Å². The predicted octanol–water partition coefficient (Wildman–Crippen LogP) is 0.306. The van der Waals surface area contributed by atoms with E-state index >= 15 is 0 Å². The van der Waals surface area contributed by atoms with Gasteiger partial charge in [0.15, 0.2) is 5.82 Å². The molecule has 1 aliphatic heterocycles. The molecule has 0 bridgehead atoms. The molecule has 3 heterocycles. The Hall–Kier alpha value is -2.17. The molecule has 0 atom stereocenters. The Morgan fingerprint density at radius 3 is 3.25 bits per heavy atom. The van der Waals surface area contributed by atoms with Crippen LogP contribution < -0.4 is 5.73 Å². The zero-order valence-electron chi connectivity index (χ0n) is 10.7. The second-order valence-electron chi connectivity index (χ2n) is 4.34. The van der Waals surface area contributed by atoms with Gasteiger partial charge in [-0.1, -0.05) is 11.8 Å². The van der Waals surface area contributed by atoms with E-state index < -0.39 is 0 Å². The van der Waals surface area contributed by atoms with Crippen LogP contribution in [0.25, 0.3) is 0 Å². The number of carbonyl (C=O) groups is 1. The maximum atomic E-state index is 12.6. The first-order chi connectivity index (χ1) is 9.79. The number of hydrogen-bond donors (Lipinski definition) is 1. The Morgan fingerprint density at radius 2 is 2.40 bits per heavy atom. The number of carbonyl (C=O) groups excluding carboxylic acids is 1. The maximum Gasteiger partial charge on any atom is 0.265 e. The van der Waals surface area contributed by atoms with Crippen LogP contribution in [0.15, 0.2) is 17.8 Å². The fourth-order valence-electron chi connectivity index (χ4n) is 2.10. The van der Waals surface area contributed by atoms with Gasteiger partial charge in [0, 0.05) is 18.7 Å². The van der Waals surface area contributed by atoms with E-state index in [0.29, 0.717) is 18.0 Å². The molecule has 0 aliphatic carbocycles.